The van der Waals surface area contributed by atoms with Crippen molar-refractivity contribution in [2.24, 2.45) is 14.1 Å². The number of methoxy groups -OCH3 is 1. The van der Waals surface area contributed by atoms with Crippen molar-refractivity contribution >= 4 is 23.2 Å². The van der Waals surface area contributed by atoms with Crippen LogP contribution in [0.4, 0.5) is 5.69 Å². The fraction of sp³-hybridized carbons (Fsp3) is 0.294. The summed E-state index contributed by atoms with van der Waals surface area (Å²) in [5, 5.41) is 17.1. The summed E-state index contributed by atoms with van der Waals surface area (Å²) in [6.45, 7) is 2.62. The van der Waals surface area contributed by atoms with Gasteiger partial charge in [0.1, 0.15) is 17.9 Å². The number of halogens is 1. The van der Waals surface area contributed by atoms with Crippen LogP contribution in [-0.2, 0) is 25.3 Å². The van der Waals surface area contributed by atoms with Crippen molar-refractivity contribution in [1.82, 2.24) is 19.4 Å². The van der Waals surface area contributed by atoms with Crippen molar-refractivity contribution in [2.45, 2.75) is 32.2 Å². The molecular weight excluding hydrogens is 610 g/mol. The predicted octanol–water partition coefficient (Wildman–Crippen LogP) is 4.80. The van der Waals surface area contributed by atoms with E-state index in [-0.39, 0.29) is 24.0 Å². The number of amides is 1. The van der Waals surface area contributed by atoms with Crippen molar-refractivity contribution in [3.63, 3.8) is 0 Å². The van der Waals surface area contributed by atoms with Gasteiger partial charge >= 0.3 is 5.69 Å². The lowest BCUT2D eigenvalue weighted by Gasteiger charge is -2.23. The summed E-state index contributed by atoms with van der Waals surface area (Å²) in [5.41, 5.74) is 5.69. The number of hydrogen-bond acceptors (Lipinski definition) is 8. The van der Waals surface area contributed by atoms with Gasteiger partial charge in [0.2, 0.25) is 5.88 Å². The highest BCUT2D eigenvalue weighted by molar-refractivity contribution is 6.36. The van der Waals surface area contributed by atoms with Gasteiger partial charge in [0.25, 0.3) is 11.5 Å². The molecule has 4 aromatic rings. The number of nitrogens with one attached hydrogen (secondary N) is 2. The number of carbonyl (C=O) groups excluding carboxylic acids is 1. The Kier molecular flexibility index (Phi) is 8.45. The quantitative estimate of drug-likeness (QED) is 0.261. The largest absolute Gasteiger partial charge is 0.508 e. The maximum Gasteiger partial charge on any atom is 0.330 e. The highest BCUT2D eigenvalue weighted by atomic mass is 35.5. The Morgan fingerprint density at radius 1 is 1.11 bits per heavy atom. The first-order chi connectivity index (χ1) is 22.1. The molecule has 238 valence electrons. The smallest absolute Gasteiger partial charge is 0.330 e. The molecule has 0 unspecified atom stereocenters. The Labute approximate surface area is 270 Å². The SMILES string of the molecule is COc1nc(-c2cccc(-c3cccc(NC(=O)c4cn(C)c(=O)n(C)c4=O)c3C)c2Cl)cc2c1[C@@H](NC1=C(O)COCC1)CC2. The maximum absolute atomic E-state index is 13.1. The molecule has 2 aromatic carbocycles. The summed E-state index contributed by atoms with van der Waals surface area (Å²) in [4.78, 5) is 42.7. The van der Waals surface area contributed by atoms with Gasteiger partial charge in [-0.25, -0.2) is 9.78 Å². The molecule has 1 aliphatic heterocycles. The summed E-state index contributed by atoms with van der Waals surface area (Å²) in [5.74, 6) is 0.102. The highest BCUT2D eigenvalue weighted by Crippen LogP contribution is 2.43. The van der Waals surface area contributed by atoms with E-state index in [2.05, 4.69) is 10.6 Å². The molecule has 2 aromatic heterocycles. The zero-order valence-corrected chi connectivity index (χ0v) is 26.7. The molecule has 6 rings (SSSR count). The molecule has 0 fully saturated rings. The molecule has 0 bridgehead atoms. The van der Waals surface area contributed by atoms with Crippen molar-refractivity contribution in [3.05, 3.63) is 108 Å². The molecule has 0 radical (unpaired) electrons. The molecule has 46 heavy (non-hydrogen) atoms. The molecule has 1 atom stereocenters. The molecular formula is C34H34ClN5O6. The first-order valence-corrected chi connectivity index (χ1v) is 15.3. The van der Waals surface area contributed by atoms with Crippen molar-refractivity contribution < 1.29 is 19.4 Å². The Bertz CT molecular complexity index is 2030. The van der Waals surface area contributed by atoms with Crippen LogP contribution < -0.4 is 26.6 Å². The topological polar surface area (TPSA) is 137 Å². The number of carbonyl (C=O) groups is 1. The summed E-state index contributed by atoms with van der Waals surface area (Å²) in [6, 6.07) is 13.2. The molecule has 0 saturated carbocycles. The Morgan fingerprint density at radius 3 is 2.61 bits per heavy atom. The Morgan fingerprint density at radius 2 is 1.85 bits per heavy atom. The number of ether oxygens (including phenoxy) is 2. The van der Waals surface area contributed by atoms with E-state index < -0.39 is 17.2 Å². The standard InChI is InChI=1S/C34H34ClN5O6/c1-18-20(7-6-10-24(18)37-31(42)23-16-39(2)34(44)40(3)33(23)43)21-8-5-9-22(30(21)35)27-15-19-11-12-26(29(19)32(38-27)45-4)36-25-13-14-46-17-28(25)41/h5-10,15-16,26,36,41H,11-14,17H2,1-4H3,(H,37,42)/t26-/m0/s1. The van der Waals surface area contributed by atoms with Crippen LogP contribution in [0.1, 0.15) is 45.9 Å². The van der Waals surface area contributed by atoms with Gasteiger partial charge in [-0.1, -0.05) is 41.9 Å². The van der Waals surface area contributed by atoms with Crippen molar-refractivity contribution in [2.75, 3.05) is 25.6 Å². The maximum atomic E-state index is 13.1. The molecule has 11 nitrogen and oxygen atoms in total. The van der Waals surface area contributed by atoms with E-state index in [9.17, 15) is 19.5 Å². The van der Waals surface area contributed by atoms with E-state index in [1.807, 2.05) is 37.3 Å². The number of benzene rings is 2. The summed E-state index contributed by atoms with van der Waals surface area (Å²) in [7, 11) is 4.41. The summed E-state index contributed by atoms with van der Waals surface area (Å²) in [6.07, 6.45) is 3.48. The average molecular weight is 644 g/mol. The van der Waals surface area contributed by atoms with Gasteiger partial charge in [-0.15, -0.1) is 0 Å². The van der Waals surface area contributed by atoms with E-state index in [4.69, 9.17) is 26.1 Å². The summed E-state index contributed by atoms with van der Waals surface area (Å²) >= 11 is 7.09. The number of fused-ring (bicyclic) bond motifs is 1. The van der Waals surface area contributed by atoms with Gasteiger partial charge in [-0.2, -0.15) is 0 Å². The zero-order valence-electron chi connectivity index (χ0n) is 25.9. The van der Waals surface area contributed by atoms with Crippen LogP contribution in [0.25, 0.3) is 22.4 Å². The van der Waals surface area contributed by atoms with E-state index in [1.54, 1.807) is 19.2 Å². The van der Waals surface area contributed by atoms with Gasteiger partial charge < -0.3 is 29.8 Å². The monoisotopic (exact) mass is 643 g/mol. The fourth-order valence-electron chi connectivity index (χ4n) is 6.14. The number of aromatic nitrogens is 3. The van der Waals surface area contributed by atoms with E-state index in [0.29, 0.717) is 35.3 Å². The van der Waals surface area contributed by atoms with E-state index in [0.717, 1.165) is 56.5 Å². The Balaban J connectivity index is 1.33. The van der Waals surface area contributed by atoms with Crippen LogP contribution in [0.3, 0.4) is 0 Å². The molecule has 12 heteroatoms. The zero-order chi connectivity index (χ0) is 32.7. The van der Waals surface area contributed by atoms with Gasteiger partial charge in [0, 0.05) is 49.1 Å². The second kappa shape index (κ2) is 12.5. The fourth-order valence-corrected chi connectivity index (χ4v) is 6.46. The van der Waals surface area contributed by atoms with Crippen molar-refractivity contribution in [1.29, 1.82) is 0 Å². The minimum absolute atomic E-state index is 0.0508. The molecule has 2 aliphatic rings. The van der Waals surface area contributed by atoms with E-state index >= 15 is 0 Å². The molecule has 3 N–H and O–H groups in total. The average Bonchev–Trinajstić information content (AvgIpc) is 3.46. The second-order valence-electron chi connectivity index (χ2n) is 11.5. The minimum atomic E-state index is -0.677. The first kappa shape index (κ1) is 31.1. The molecule has 0 saturated heterocycles. The Hall–Kier alpha value is -4.87. The van der Waals surface area contributed by atoms with Gasteiger partial charge in [-0.05, 0) is 48.6 Å². The molecule has 1 amide bonds. The first-order valence-electron chi connectivity index (χ1n) is 14.9. The third kappa shape index (κ3) is 5.56. The minimum Gasteiger partial charge on any atom is -0.508 e. The lowest BCUT2D eigenvalue weighted by atomic mass is 9.96. The molecule has 3 heterocycles. The number of aliphatic hydroxyl groups is 1. The number of rotatable bonds is 7. The third-order valence-corrected chi connectivity index (χ3v) is 9.03. The number of hydrogen-bond donors (Lipinski definition) is 3. The van der Waals surface area contributed by atoms with Gasteiger partial charge in [-0.3, -0.25) is 14.2 Å². The second-order valence-corrected chi connectivity index (χ2v) is 11.8. The van der Waals surface area contributed by atoms with Crippen LogP contribution >= 0.6 is 11.6 Å². The third-order valence-electron chi connectivity index (χ3n) is 8.62. The lowest BCUT2D eigenvalue weighted by molar-refractivity contribution is 0.102. The van der Waals surface area contributed by atoms with Crippen molar-refractivity contribution in [3.8, 4) is 28.3 Å². The van der Waals surface area contributed by atoms with Crippen LogP contribution in [-0.4, -0.2) is 45.5 Å². The van der Waals surface area contributed by atoms with Crippen LogP contribution in [0.2, 0.25) is 5.02 Å². The molecule has 0 spiro atoms. The van der Waals surface area contributed by atoms with Crippen LogP contribution in [0, 0.1) is 6.92 Å². The van der Waals surface area contributed by atoms with Crippen LogP contribution in [0.5, 0.6) is 5.88 Å². The number of anilines is 1. The predicted molar refractivity (Wildman–Crippen MR) is 176 cm³/mol. The highest BCUT2D eigenvalue weighted by Gasteiger charge is 2.30. The van der Waals surface area contributed by atoms with Gasteiger partial charge in [0.15, 0.2) is 0 Å². The number of pyridine rings is 1. The lowest BCUT2D eigenvalue weighted by Crippen LogP contribution is -2.40. The number of aryl methyl sites for hydroxylation is 2. The molecule has 1 aliphatic carbocycles. The number of nitrogens with zero attached hydrogens (tertiary/aromatic N) is 3. The summed E-state index contributed by atoms with van der Waals surface area (Å²) < 4.78 is 13.2. The van der Waals surface area contributed by atoms with Crippen LogP contribution in [0.15, 0.2) is 69.7 Å². The number of aliphatic hydroxyl groups excluding tert-OH is 1. The normalized spacial score (nSPS) is 15.9. The van der Waals surface area contributed by atoms with E-state index in [1.165, 1.54) is 24.9 Å². The van der Waals surface area contributed by atoms with Gasteiger partial charge in [0.05, 0.1) is 36.2 Å².